The van der Waals surface area contributed by atoms with Gasteiger partial charge in [0, 0.05) is 6.07 Å². The molecule has 0 aliphatic carbocycles. The van der Waals surface area contributed by atoms with E-state index in [4.69, 9.17) is 13.9 Å². The van der Waals surface area contributed by atoms with Gasteiger partial charge in [0.2, 0.25) is 0 Å². The summed E-state index contributed by atoms with van der Waals surface area (Å²) in [6.07, 6.45) is 0. The van der Waals surface area contributed by atoms with Crippen LogP contribution in [0, 0.1) is 0 Å². The van der Waals surface area contributed by atoms with Crippen molar-refractivity contribution in [2.24, 2.45) is 0 Å². The fourth-order valence-corrected chi connectivity index (χ4v) is 1.78. The summed E-state index contributed by atoms with van der Waals surface area (Å²) in [6.45, 7) is 0.185. The van der Waals surface area contributed by atoms with Gasteiger partial charge < -0.3 is 18.6 Å². The van der Waals surface area contributed by atoms with Gasteiger partial charge in [-0.05, 0) is 17.5 Å². The number of carbonyl (C=O) groups excluding carboxylic acids is 1. The number of methoxy groups -OCH3 is 2. The Morgan fingerprint density at radius 3 is 2.63 bits per heavy atom. The van der Waals surface area contributed by atoms with Crippen molar-refractivity contribution in [2.75, 3.05) is 14.2 Å². The molecule has 2 aromatic rings. The van der Waals surface area contributed by atoms with Crippen molar-refractivity contribution in [3.05, 3.63) is 34.4 Å². The lowest BCUT2D eigenvalue weighted by Crippen LogP contribution is -2.05. The highest BCUT2D eigenvalue weighted by Crippen LogP contribution is 2.29. The fraction of sp³-hybridized carbons (Fsp3) is 0.231. The molecule has 0 radical (unpaired) electrons. The minimum absolute atomic E-state index is 0.103. The maximum Gasteiger partial charge on any atom is 0.347 e. The molecule has 0 saturated carbocycles. The molecule has 6 heteroatoms. The van der Waals surface area contributed by atoms with Gasteiger partial charge in [-0.3, -0.25) is 4.79 Å². The molecule has 0 aliphatic rings. The predicted molar refractivity (Wildman–Crippen MR) is 66.4 cm³/mol. The Labute approximate surface area is 108 Å². The van der Waals surface area contributed by atoms with Gasteiger partial charge in [-0.1, -0.05) is 0 Å². The molecule has 0 unspecified atom stereocenters. The van der Waals surface area contributed by atoms with E-state index in [0.717, 1.165) is 0 Å². The minimum atomic E-state index is -0.554. The second kappa shape index (κ2) is 5.43. The highest BCUT2D eigenvalue weighted by molar-refractivity contribution is 5.88. The summed E-state index contributed by atoms with van der Waals surface area (Å²) in [5.74, 6) is 1.17. The number of hydrogen-bond donors (Lipinski definition) is 0. The van der Waals surface area contributed by atoms with E-state index in [1.165, 1.54) is 14.2 Å². The molecule has 0 aliphatic heterocycles. The van der Waals surface area contributed by atoms with Crippen LogP contribution in [0.15, 0.2) is 27.4 Å². The van der Waals surface area contributed by atoms with E-state index in [1.807, 2.05) is 0 Å². The van der Waals surface area contributed by atoms with Crippen LogP contribution in [0.1, 0.15) is 5.76 Å². The Bertz CT molecular complexity index is 658. The van der Waals surface area contributed by atoms with E-state index >= 15 is 0 Å². The molecule has 2 rings (SSSR count). The van der Waals surface area contributed by atoms with Gasteiger partial charge in [0.25, 0.3) is 6.47 Å². The van der Waals surface area contributed by atoms with Crippen molar-refractivity contribution >= 4 is 17.2 Å². The molecule has 0 fully saturated rings. The van der Waals surface area contributed by atoms with Crippen molar-refractivity contribution in [2.45, 2.75) is 6.61 Å². The van der Waals surface area contributed by atoms with Crippen molar-refractivity contribution in [3.63, 3.8) is 0 Å². The summed E-state index contributed by atoms with van der Waals surface area (Å²) in [5.41, 5.74) is -0.554. The van der Waals surface area contributed by atoms with Gasteiger partial charge >= 0.3 is 5.63 Å². The van der Waals surface area contributed by atoms with Crippen LogP contribution in [-0.2, 0) is 16.1 Å². The Kier molecular flexibility index (Phi) is 3.70. The molecule has 0 atom stereocenters. The summed E-state index contributed by atoms with van der Waals surface area (Å²) in [4.78, 5) is 22.1. The topological polar surface area (TPSA) is 75.0 Å². The van der Waals surface area contributed by atoms with Crippen molar-refractivity contribution in [1.82, 2.24) is 0 Å². The molecule has 0 saturated heterocycles. The quantitative estimate of drug-likeness (QED) is 0.761. The first-order valence-corrected chi connectivity index (χ1v) is 5.43. The Morgan fingerprint density at radius 1 is 1.21 bits per heavy atom. The third kappa shape index (κ3) is 2.52. The molecular weight excluding hydrogens is 252 g/mol. The van der Waals surface area contributed by atoms with Gasteiger partial charge in [0.05, 0.1) is 14.2 Å². The van der Waals surface area contributed by atoms with E-state index in [1.54, 1.807) is 18.2 Å². The summed E-state index contributed by atoms with van der Waals surface area (Å²) in [7, 11) is 2.97. The van der Waals surface area contributed by atoms with E-state index in [2.05, 4.69) is 4.74 Å². The third-order valence-corrected chi connectivity index (χ3v) is 2.60. The molecule has 1 aromatic carbocycles. The zero-order chi connectivity index (χ0) is 13.8. The molecule has 1 aromatic heterocycles. The maximum absolute atomic E-state index is 11.9. The second-order valence-corrected chi connectivity index (χ2v) is 3.70. The van der Waals surface area contributed by atoms with Gasteiger partial charge in [-0.2, -0.15) is 0 Å². The number of carbonyl (C=O) groups is 1. The van der Waals surface area contributed by atoms with Gasteiger partial charge in [0.15, 0.2) is 0 Å². The molecule has 6 nitrogen and oxygen atoms in total. The van der Waals surface area contributed by atoms with Crippen molar-refractivity contribution in [1.29, 1.82) is 0 Å². The number of ether oxygens (including phenoxy) is 3. The number of hydrogen-bond acceptors (Lipinski definition) is 6. The van der Waals surface area contributed by atoms with Crippen LogP contribution >= 0.6 is 0 Å². The zero-order valence-corrected chi connectivity index (χ0v) is 10.5. The number of fused-ring (bicyclic) bond motifs is 1. The molecule has 0 spiro atoms. The summed E-state index contributed by atoms with van der Waals surface area (Å²) < 4.78 is 19.9. The lowest BCUT2D eigenvalue weighted by molar-refractivity contribution is -0.130. The Hall–Kier alpha value is -2.50. The van der Waals surface area contributed by atoms with Gasteiger partial charge in [0.1, 0.15) is 29.3 Å². The number of rotatable bonds is 5. The molecule has 0 bridgehead atoms. The van der Waals surface area contributed by atoms with Gasteiger partial charge in [-0.15, -0.1) is 0 Å². The fourth-order valence-electron chi connectivity index (χ4n) is 1.78. The minimum Gasteiger partial charge on any atom is -0.497 e. The lowest BCUT2D eigenvalue weighted by atomic mass is 10.1. The second-order valence-electron chi connectivity index (χ2n) is 3.70. The summed E-state index contributed by atoms with van der Waals surface area (Å²) in [5, 5.41) is 0.912. The maximum atomic E-state index is 11.9. The lowest BCUT2D eigenvalue weighted by Gasteiger charge is -2.08. The summed E-state index contributed by atoms with van der Waals surface area (Å²) in [6, 6.07) is 4.88. The normalized spacial score (nSPS) is 10.2. The average molecular weight is 264 g/mol. The smallest absolute Gasteiger partial charge is 0.347 e. The Morgan fingerprint density at radius 2 is 2.00 bits per heavy atom. The average Bonchev–Trinajstić information content (AvgIpc) is 2.43. The van der Waals surface area contributed by atoms with E-state index in [0.29, 0.717) is 22.3 Å². The van der Waals surface area contributed by atoms with Crippen molar-refractivity contribution in [3.8, 4) is 11.5 Å². The molecular formula is C13H12O6. The SMILES string of the molecule is COc1cc(OC)c2c(=O)oc(COC=O)cc2c1. The van der Waals surface area contributed by atoms with Crippen LogP contribution in [0.25, 0.3) is 10.8 Å². The van der Waals surface area contributed by atoms with Crippen LogP contribution in [0.5, 0.6) is 11.5 Å². The van der Waals surface area contributed by atoms with Gasteiger partial charge in [-0.25, -0.2) is 4.79 Å². The van der Waals surface area contributed by atoms with E-state index < -0.39 is 5.63 Å². The van der Waals surface area contributed by atoms with Crippen LogP contribution in [0.2, 0.25) is 0 Å². The predicted octanol–water partition coefficient (Wildman–Crippen LogP) is 1.48. The first kappa shape index (κ1) is 12.9. The molecule has 100 valence electrons. The number of benzene rings is 1. The highest BCUT2D eigenvalue weighted by atomic mass is 16.5. The largest absolute Gasteiger partial charge is 0.497 e. The Balaban J connectivity index is 2.65. The first-order valence-electron chi connectivity index (χ1n) is 5.43. The third-order valence-electron chi connectivity index (χ3n) is 2.60. The monoisotopic (exact) mass is 264 g/mol. The molecule has 0 amide bonds. The summed E-state index contributed by atoms with van der Waals surface area (Å²) >= 11 is 0. The highest BCUT2D eigenvalue weighted by Gasteiger charge is 2.12. The van der Waals surface area contributed by atoms with Crippen LogP contribution in [0.3, 0.4) is 0 Å². The van der Waals surface area contributed by atoms with Crippen LogP contribution < -0.4 is 15.1 Å². The molecule has 1 heterocycles. The first-order chi connectivity index (χ1) is 9.19. The zero-order valence-electron chi connectivity index (χ0n) is 10.5. The van der Waals surface area contributed by atoms with Crippen LogP contribution in [-0.4, -0.2) is 20.7 Å². The molecule has 19 heavy (non-hydrogen) atoms. The molecule has 0 N–H and O–H groups in total. The van der Waals surface area contributed by atoms with E-state index in [-0.39, 0.29) is 18.8 Å². The van der Waals surface area contributed by atoms with Crippen LogP contribution in [0.4, 0.5) is 0 Å². The van der Waals surface area contributed by atoms with E-state index in [9.17, 15) is 9.59 Å². The van der Waals surface area contributed by atoms with Crippen molar-refractivity contribution < 1.29 is 23.4 Å². The standard InChI is InChI=1S/C13H12O6/c1-16-9-3-8-4-10(6-18-7-14)19-13(15)12(8)11(5-9)17-2/h3-5,7H,6H2,1-2H3.